The summed E-state index contributed by atoms with van der Waals surface area (Å²) < 4.78 is 32.0. The molecule has 6 nitrogen and oxygen atoms in total. The van der Waals surface area contributed by atoms with Crippen LogP contribution in [0.15, 0.2) is 76.8 Å². The first kappa shape index (κ1) is 21.2. The average Bonchev–Trinajstić information content (AvgIpc) is 2.74. The fourth-order valence-corrected chi connectivity index (χ4v) is 4.36. The summed E-state index contributed by atoms with van der Waals surface area (Å²) >= 11 is 7.17. The van der Waals surface area contributed by atoms with Gasteiger partial charge in [-0.05, 0) is 66.9 Å². The summed E-state index contributed by atoms with van der Waals surface area (Å²) in [5, 5.41) is 1.03. The lowest BCUT2D eigenvalue weighted by atomic mass is 10.3. The molecule has 0 N–H and O–H groups in total. The fraction of sp³-hybridized carbons (Fsp3) is 0.100. The molecule has 9 heteroatoms. The van der Waals surface area contributed by atoms with E-state index in [-0.39, 0.29) is 4.90 Å². The maximum Gasteiger partial charge on any atom is 0.346 e. The maximum absolute atomic E-state index is 12.8. The number of pyridine rings is 1. The van der Waals surface area contributed by atoms with Gasteiger partial charge in [0.2, 0.25) is 0 Å². The lowest BCUT2D eigenvalue weighted by Crippen LogP contribution is -2.26. The van der Waals surface area contributed by atoms with E-state index in [1.54, 1.807) is 30.5 Å². The Bertz CT molecular complexity index is 1120. The highest BCUT2D eigenvalue weighted by Gasteiger charge is 2.21. The maximum atomic E-state index is 12.8. The molecular formula is C20H17ClN2O4S2. The number of benzene rings is 2. The molecule has 0 fully saturated rings. The second-order valence-corrected chi connectivity index (χ2v) is 9.07. The molecule has 0 bridgehead atoms. The number of ether oxygens (including phenoxy) is 1. The van der Waals surface area contributed by atoms with E-state index in [4.69, 9.17) is 16.3 Å². The minimum atomic E-state index is -3.74. The van der Waals surface area contributed by atoms with Crippen LogP contribution in [0.25, 0.3) is 0 Å². The second kappa shape index (κ2) is 8.86. The largest absolute Gasteiger partial charge is 0.423 e. The van der Waals surface area contributed by atoms with Gasteiger partial charge in [0.15, 0.2) is 0 Å². The topological polar surface area (TPSA) is 76.6 Å². The Morgan fingerprint density at radius 1 is 1.07 bits per heavy atom. The van der Waals surface area contributed by atoms with Gasteiger partial charge in [0.1, 0.15) is 10.8 Å². The lowest BCUT2D eigenvalue weighted by molar-refractivity contribution is 0.0730. The third kappa shape index (κ3) is 4.72. The minimum absolute atomic E-state index is 0.126. The zero-order chi connectivity index (χ0) is 21.0. The number of nitrogens with zero attached hydrogens (tertiary/aromatic N) is 2. The Morgan fingerprint density at radius 2 is 1.72 bits per heavy atom. The van der Waals surface area contributed by atoms with Crippen molar-refractivity contribution < 1.29 is 17.9 Å². The van der Waals surface area contributed by atoms with Gasteiger partial charge in [-0.1, -0.05) is 11.6 Å². The molecule has 0 saturated carbocycles. The highest BCUT2D eigenvalue weighted by Crippen LogP contribution is 2.26. The van der Waals surface area contributed by atoms with Crippen molar-refractivity contribution >= 4 is 45.0 Å². The molecule has 150 valence electrons. The number of hydrogen-bond acceptors (Lipinski definition) is 6. The molecule has 0 unspecified atom stereocenters. The van der Waals surface area contributed by atoms with Gasteiger partial charge in [-0.15, -0.1) is 11.8 Å². The molecule has 0 aliphatic rings. The van der Waals surface area contributed by atoms with Crippen LogP contribution < -0.4 is 9.04 Å². The molecule has 0 amide bonds. The van der Waals surface area contributed by atoms with Gasteiger partial charge in [0.05, 0.1) is 16.1 Å². The van der Waals surface area contributed by atoms with Crippen LogP contribution in [0.5, 0.6) is 5.75 Å². The Morgan fingerprint density at radius 3 is 2.34 bits per heavy atom. The van der Waals surface area contributed by atoms with E-state index < -0.39 is 16.0 Å². The van der Waals surface area contributed by atoms with E-state index in [1.165, 1.54) is 55.2 Å². The van der Waals surface area contributed by atoms with Crippen LogP contribution in [0, 0.1) is 0 Å². The molecule has 0 saturated heterocycles. The van der Waals surface area contributed by atoms with Crippen molar-refractivity contribution in [1.29, 1.82) is 0 Å². The van der Waals surface area contributed by atoms with Gasteiger partial charge in [-0.25, -0.2) is 18.2 Å². The molecule has 1 aromatic heterocycles. The molecule has 0 spiro atoms. The van der Waals surface area contributed by atoms with Crippen molar-refractivity contribution in [2.45, 2.75) is 9.92 Å². The van der Waals surface area contributed by atoms with Crippen molar-refractivity contribution in [3.8, 4) is 5.75 Å². The van der Waals surface area contributed by atoms with Gasteiger partial charge in [-0.2, -0.15) is 0 Å². The number of halogens is 1. The smallest absolute Gasteiger partial charge is 0.346 e. The molecular weight excluding hydrogens is 432 g/mol. The summed E-state index contributed by atoms with van der Waals surface area (Å²) in [6, 6.07) is 15.4. The van der Waals surface area contributed by atoms with E-state index in [9.17, 15) is 13.2 Å². The van der Waals surface area contributed by atoms with Gasteiger partial charge in [-0.3, -0.25) is 4.31 Å². The fourth-order valence-electron chi connectivity index (χ4n) is 2.50. The van der Waals surface area contributed by atoms with Crippen molar-refractivity contribution in [2.24, 2.45) is 0 Å². The Labute approximate surface area is 178 Å². The highest BCUT2D eigenvalue weighted by atomic mass is 35.5. The van der Waals surface area contributed by atoms with Gasteiger partial charge in [0.25, 0.3) is 10.0 Å². The van der Waals surface area contributed by atoms with E-state index in [2.05, 4.69) is 4.98 Å². The Balaban J connectivity index is 1.77. The first-order valence-corrected chi connectivity index (χ1v) is 11.4. The van der Waals surface area contributed by atoms with Crippen molar-refractivity contribution in [1.82, 2.24) is 4.98 Å². The van der Waals surface area contributed by atoms with Crippen LogP contribution in [0.2, 0.25) is 5.02 Å². The summed E-state index contributed by atoms with van der Waals surface area (Å²) in [6.45, 7) is 0. The number of carbonyl (C=O) groups excluding carboxylic acids is 1. The van der Waals surface area contributed by atoms with Crippen LogP contribution >= 0.6 is 23.4 Å². The first-order valence-electron chi connectivity index (χ1n) is 8.38. The minimum Gasteiger partial charge on any atom is -0.423 e. The predicted octanol–water partition coefficient (Wildman–Crippen LogP) is 4.50. The van der Waals surface area contributed by atoms with Crippen LogP contribution in [0.3, 0.4) is 0 Å². The van der Waals surface area contributed by atoms with Crippen LogP contribution in [-0.4, -0.2) is 32.7 Å². The zero-order valence-electron chi connectivity index (χ0n) is 15.6. The third-order valence-corrected chi connectivity index (χ3v) is 6.83. The molecule has 3 aromatic rings. The summed E-state index contributed by atoms with van der Waals surface area (Å²) in [7, 11) is -2.29. The van der Waals surface area contributed by atoms with E-state index in [0.717, 1.165) is 4.31 Å². The molecule has 0 atom stereocenters. The SMILES string of the molecule is CSc1ncccc1C(=O)Oc1ccc(N(C)S(=O)(=O)c2ccc(Cl)cc2)cc1. The first-order chi connectivity index (χ1) is 13.8. The number of rotatable bonds is 6. The van der Waals surface area contributed by atoms with Crippen molar-refractivity contribution in [2.75, 3.05) is 17.6 Å². The van der Waals surface area contributed by atoms with Gasteiger partial charge >= 0.3 is 5.97 Å². The number of aromatic nitrogens is 1. The monoisotopic (exact) mass is 448 g/mol. The molecule has 0 aliphatic heterocycles. The van der Waals surface area contributed by atoms with E-state index in [0.29, 0.717) is 27.0 Å². The van der Waals surface area contributed by atoms with E-state index in [1.807, 2.05) is 6.26 Å². The Kier molecular flexibility index (Phi) is 6.46. The number of sulfonamides is 1. The molecule has 29 heavy (non-hydrogen) atoms. The second-order valence-electron chi connectivity index (χ2n) is 5.87. The summed E-state index contributed by atoms with van der Waals surface area (Å²) in [5.74, 6) is -0.232. The molecule has 2 aromatic carbocycles. The quantitative estimate of drug-likeness (QED) is 0.314. The Hall–Kier alpha value is -2.55. The third-order valence-electron chi connectivity index (χ3n) is 4.07. The molecule has 3 rings (SSSR count). The summed E-state index contributed by atoms with van der Waals surface area (Å²) in [5.41, 5.74) is 0.789. The normalized spacial score (nSPS) is 11.1. The van der Waals surface area contributed by atoms with Gasteiger partial charge in [0, 0.05) is 18.3 Å². The molecule has 0 aliphatic carbocycles. The number of hydrogen-bond donors (Lipinski definition) is 0. The molecule has 0 radical (unpaired) electrons. The summed E-state index contributed by atoms with van der Waals surface area (Å²) in [4.78, 5) is 16.7. The number of thioether (sulfide) groups is 1. The standard InChI is InChI=1S/C20H17ClN2O4S2/c1-23(29(25,26)17-11-5-14(21)6-12-17)15-7-9-16(10-8-15)27-20(24)18-4-3-13-22-19(18)28-2/h3-13H,1-2H3. The number of anilines is 1. The van der Waals surface area contributed by atoms with Crippen molar-refractivity contribution in [3.05, 3.63) is 77.4 Å². The van der Waals surface area contributed by atoms with Crippen molar-refractivity contribution in [3.63, 3.8) is 0 Å². The predicted molar refractivity (Wildman–Crippen MR) is 114 cm³/mol. The van der Waals surface area contributed by atoms with Gasteiger partial charge < -0.3 is 4.74 Å². The summed E-state index contributed by atoms with van der Waals surface area (Å²) in [6.07, 6.45) is 3.43. The average molecular weight is 449 g/mol. The number of carbonyl (C=O) groups is 1. The lowest BCUT2D eigenvalue weighted by Gasteiger charge is -2.19. The zero-order valence-corrected chi connectivity index (χ0v) is 18.0. The highest BCUT2D eigenvalue weighted by molar-refractivity contribution is 7.98. The molecule has 1 heterocycles. The van der Waals surface area contributed by atoms with Crippen LogP contribution in [0.1, 0.15) is 10.4 Å². The van der Waals surface area contributed by atoms with Crippen LogP contribution in [-0.2, 0) is 10.0 Å². The number of esters is 1. The van der Waals surface area contributed by atoms with E-state index >= 15 is 0 Å². The van der Waals surface area contributed by atoms with Crippen LogP contribution in [0.4, 0.5) is 5.69 Å².